The summed E-state index contributed by atoms with van der Waals surface area (Å²) in [6.07, 6.45) is -0.407. The van der Waals surface area contributed by atoms with Crippen LogP contribution < -0.4 is 5.32 Å². The monoisotopic (exact) mass is 540 g/mol. The summed E-state index contributed by atoms with van der Waals surface area (Å²) in [4.78, 5) is 23.7. The third-order valence-electron chi connectivity index (χ3n) is 6.31. The molecule has 1 fully saturated rings. The van der Waals surface area contributed by atoms with E-state index in [-0.39, 0.29) is 24.7 Å². The summed E-state index contributed by atoms with van der Waals surface area (Å²) in [7, 11) is 1.90. The van der Waals surface area contributed by atoms with E-state index in [1.807, 2.05) is 41.9 Å². The van der Waals surface area contributed by atoms with Crippen molar-refractivity contribution < 1.29 is 28.9 Å². The van der Waals surface area contributed by atoms with Gasteiger partial charge in [-0.05, 0) is 30.2 Å². The first-order valence-electron chi connectivity index (χ1n) is 12.3. The molecule has 2 heterocycles. The van der Waals surface area contributed by atoms with Gasteiger partial charge in [0.2, 0.25) is 0 Å². The van der Waals surface area contributed by atoms with Crippen molar-refractivity contribution in [1.82, 2.24) is 14.8 Å². The number of aliphatic hydroxyl groups is 1. The number of benzene rings is 2. The van der Waals surface area contributed by atoms with Crippen LogP contribution in [0.2, 0.25) is 0 Å². The molecule has 1 saturated heterocycles. The van der Waals surface area contributed by atoms with Crippen LogP contribution in [0.4, 0.5) is 5.69 Å². The molecule has 2 aromatic carbocycles. The van der Waals surface area contributed by atoms with E-state index < -0.39 is 24.3 Å². The first-order valence-corrected chi connectivity index (χ1v) is 13.3. The van der Waals surface area contributed by atoms with Crippen molar-refractivity contribution in [3.63, 3.8) is 0 Å². The summed E-state index contributed by atoms with van der Waals surface area (Å²) in [5.74, 6) is -0.312. The Bertz CT molecular complexity index is 1250. The second kappa shape index (κ2) is 12.5. The second-order valence-electron chi connectivity index (χ2n) is 9.22. The Kier molecular flexibility index (Phi) is 9.16. The maximum atomic E-state index is 12.5. The maximum Gasteiger partial charge on any atom is 0.303 e. The Morgan fingerprint density at radius 1 is 1.18 bits per heavy atom. The number of esters is 1. The molecular weight excluding hydrogens is 508 g/mol. The van der Waals surface area contributed by atoms with Crippen LogP contribution in [0.5, 0.6) is 0 Å². The molecule has 4 rings (SSSR count). The van der Waals surface area contributed by atoms with Crippen molar-refractivity contribution in [1.29, 1.82) is 0 Å². The minimum absolute atomic E-state index is 0.0134. The van der Waals surface area contributed by atoms with Gasteiger partial charge in [0.15, 0.2) is 17.6 Å². The highest BCUT2D eigenvalue weighted by atomic mass is 32.2. The molecule has 38 heavy (non-hydrogen) atoms. The summed E-state index contributed by atoms with van der Waals surface area (Å²) < 4.78 is 19.8. The molecule has 3 aromatic rings. The van der Waals surface area contributed by atoms with Gasteiger partial charge in [-0.2, -0.15) is 0 Å². The van der Waals surface area contributed by atoms with Gasteiger partial charge in [0.05, 0.1) is 18.8 Å². The summed E-state index contributed by atoms with van der Waals surface area (Å²) in [6.45, 7) is 4.84. The van der Waals surface area contributed by atoms with Crippen LogP contribution >= 0.6 is 11.8 Å². The van der Waals surface area contributed by atoms with Crippen molar-refractivity contribution in [2.75, 3.05) is 11.1 Å². The third kappa shape index (κ3) is 6.79. The van der Waals surface area contributed by atoms with Gasteiger partial charge in [-0.3, -0.25) is 9.59 Å². The lowest BCUT2D eigenvalue weighted by Gasteiger charge is -2.41. The predicted octanol–water partition coefficient (Wildman–Crippen LogP) is 3.78. The van der Waals surface area contributed by atoms with Crippen LogP contribution in [0.1, 0.15) is 49.9 Å². The molecule has 0 bridgehead atoms. The molecule has 5 unspecified atom stereocenters. The smallest absolute Gasteiger partial charge is 0.303 e. The van der Waals surface area contributed by atoms with Gasteiger partial charge in [-0.25, -0.2) is 0 Å². The highest BCUT2D eigenvalue weighted by Gasteiger charge is 2.38. The SMILES string of the molecule is CC(=O)OC(C)C(=O)Nc1cccc(C2OC(CSc3nncn3C)C(C)C(c3ccc(CO)cc3)O2)c1. The van der Waals surface area contributed by atoms with E-state index in [2.05, 4.69) is 22.4 Å². The average Bonchev–Trinajstić information content (AvgIpc) is 3.32. The standard InChI is InChI=1S/C27H32N4O6S/c1-16-23(14-38-27-30-28-15-31(27)4)36-26(37-24(16)20-10-8-19(13-32)9-11-20)21-6-5-7-22(12-21)29-25(34)17(2)35-18(3)33/h5-12,15-17,23-24,26,32H,13-14H2,1-4H3,(H,29,34). The lowest BCUT2D eigenvalue weighted by atomic mass is 9.91. The number of rotatable bonds is 9. The first-order chi connectivity index (χ1) is 18.2. The molecule has 10 nitrogen and oxygen atoms in total. The van der Waals surface area contributed by atoms with E-state index in [1.165, 1.54) is 13.8 Å². The number of thioether (sulfide) groups is 1. The maximum absolute atomic E-state index is 12.5. The molecule has 202 valence electrons. The number of nitrogens with one attached hydrogen (secondary N) is 1. The van der Waals surface area contributed by atoms with Gasteiger partial charge >= 0.3 is 5.97 Å². The van der Waals surface area contributed by atoms with E-state index in [1.54, 1.807) is 36.3 Å². The normalized spacial score (nSPS) is 22.0. The molecule has 2 N–H and O–H groups in total. The number of nitrogens with zero attached hydrogens (tertiary/aromatic N) is 3. The van der Waals surface area contributed by atoms with Gasteiger partial charge in [-0.1, -0.05) is 55.1 Å². The fourth-order valence-electron chi connectivity index (χ4n) is 4.18. The fourth-order valence-corrected chi connectivity index (χ4v) is 5.23. The van der Waals surface area contributed by atoms with E-state index in [0.717, 1.165) is 21.8 Å². The third-order valence-corrected chi connectivity index (χ3v) is 7.43. The van der Waals surface area contributed by atoms with Crippen LogP contribution in [0.3, 0.4) is 0 Å². The summed E-state index contributed by atoms with van der Waals surface area (Å²) in [5, 5.41) is 21.1. The van der Waals surface area contributed by atoms with Crippen molar-refractivity contribution in [3.05, 3.63) is 71.5 Å². The Morgan fingerprint density at radius 3 is 2.61 bits per heavy atom. The number of aromatic nitrogens is 3. The molecule has 0 spiro atoms. The van der Waals surface area contributed by atoms with Crippen LogP contribution in [-0.2, 0) is 37.5 Å². The molecular formula is C27H32N4O6S. The molecule has 0 radical (unpaired) electrons. The number of carbonyl (C=O) groups excluding carboxylic acids is 2. The minimum Gasteiger partial charge on any atom is -0.453 e. The zero-order valence-corrected chi connectivity index (χ0v) is 22.6. The number of aliphatic hydroxyl groups excluding tert-OH is 1. The number of ether oxygens (including phenoxy) is 3. The van der Waals surface area contributed by atoms with Gasteiger partial charge in [0.25, 0.3) is 5.91 Å². The van der Waals surface area contributed by atoms with Crippen LogP contribution in [0, 0.1) is 5.92 Å². The second-order valence-corrected chi connectivity index (χ2v) is 10.2. The average molecular weight is 541 g/mol. The lowest BCUT2D eigenvalue weighted by molar-refractivity contribution is -0.268. The lowest BCUT2D eigenvalue weighted by Crippen LogP contribution is -2.38. The van der Waals surface area contributed by atoms with E-state index in [4.69, 9.17) is 14.2 Å². The molecule has 1 aromatic heterocycles. The molecule has 5 atom stereocenters. The number of carbonyl (C=O) groups is 2. The number of amides is 1. The number of aryl methyl sites for hydroxylation is 1. The highest BCUT2D eigenvalue weighted by molar-refractivity contribution is 7.99. The highest BCUT2D eigenvalue weighted by Crippen LogP contribution is 2.43. The fraction of sp³-hybridized carbons (Fsp3) is 0.407. The first kappa shape index (κ1) is 27.8. The Morgan fingerprint density at radius 2 is 1.95 bits per heavy atom. The Hall–Kier alpha value is -3.25. The molecule has 0 saturated carbocycles. The van der Waals surface area contributed by atoms with E-state index >= 15 is 0 Å². The van der Waals surface area contributed by atoms with Crippen molar-refractivity contribution in [3.8, 4) is 0 Å². The van der Waals surface area contributed by atoms with E-state index in [0.29, 0.717) is 11.4 Å². The molecule has 11 heteroatoms. The van der Waals surface area contributed by atoms with Gasteiger partial charge in [0, 0.05) is 36.9 Å². The quantitative estimate of drug-likeness (QED) is 0.308. The van der Waals surface area contributed by atoms with Gasteiger partial charge < -0.3 is 29.2 Å². The van der Waals surface area contributed by atoms with Gasteiger partial charge in [0.1, 0.15) is 6.33 Å². The Labute approximate surface area is 225 Å². The zero-order chi connectivity index (χ0) is 27.2. The number of anilines is 1. The molecule has 1 aliphatic rings. The predicted molar refractivity (Wildman–Crippen MR) is 141 cm³/mol. The molecule has 1 aliphatic heterocycles. The topological polar surface area (TPSA) is 125 Å². The van der Waals surface area contributed by atoms with Crippen LogP contribution in [0.15, 0.2) is 60.0 Å². The van der Waals surface area contributed by atoms with Gasteiger partial charge in [-0.15, -0.1) is 10.2 Å². The molecule has 1 amide bonds. The van der Waals surface area contributed by atoms with Crippen LogP contribution in [-0.4, -0.2) is 49.7 Å². The van der Waals surface area contributed by atoms with Crippen molar-refractivity contribution >= 4 is 29.3 Å². The number of hydrogen-bond donors (Lipinski definition) is 2. The van der Waals surface area contributed by atoms with E-state index in [9.17, 15) is 14.7 Å². The largest absolute Gasteiger partial charge is 0.453 e. The van der Waals surface area contributed by atoms with Crippen molar-refractivity contribution in [2.24, 2.45) is 13.0 Å². The number of hydrogen-bond acceptors (Lipinski definition) is 9. The van der Waals surface area contributed by atoms with Crippen LogP contribution in [0.25, 0.3) is 0 Å². The Balaban J connectivity index is 1.56. The van der Waals surface area contributed by atoms with Crippen molar-refractivity contribution in [2.45, 2.75) is 57.1 Å². The summed E-state index contributed by atoms with van der Waals surface area (Å²) in [6, 6.07) is 14.9. The summed E-state index contributed by atoms with van der Waals surface area (Å²) >= 11 is 1.56. The molecule has 0 aliphatic carbocycles. The summed E-state index contributed by atoms with van der Waals surface area (Å²) in [5.41, 5.74) is 3.08. The minimum atomic E-state index is -0.924. The zero-order valence-electron chi connectivity index (χ0n) is 21.7.